The smallest absolute Gasteiger partial charge is 0.237 e. The number of amides is 1. The average molecular weight is 317 g/mol. The quantitative estimate of drug-likeness (QED) is 0.582. The Morgan fingerprint density at radius 2 is 1.78 bits per heavy atom. The van der Waals surface area contributed by atoms with Gasteiger partial charge in [-0.1, -0.05) is 75.8 Å². The van der Waals surface area contributed by atoms with Gasteiger partial charge in [-0.2, -0.15) is 0 Å². The van der Waals surface area contributed by atoms with Gasteiger partial charge in [0, 0.05) is 6.42 Å². The summed E-state index contributed by atoms with van der Waals surface area (Å²) in [6.45, 7) is 2.19. The fourth-order valence-electron chi connectivity index (χ4n) is 2.53. The number of nitrogens with one attached hydrogen (secondary N) is 1. The number of rotatable bonds is 12. The monoisotopic (exact) mass is 317 g/mol. The molecule has 0 fully saturated rings. The van der Waals surface area contributed by atoms with E-state index >= 15 is 0 Å². The molecule has 3 N–H and O–H groups in total. The highest BCUT2D eigenvalue weighted by Gasteiger charge is 2.18. The number of carbonyl (C=O) groups is 1. The molecule has 0 aliphatic carbocycles. The van der Waals surface area contributed by atoms with E-state index in [1.165, 1.54) is 25.7 Å². The van der Waals surface area contributed by atoms with E-state index in [1.807, 2.05) is 36.6 Å². The zero-order chi connectivity index (χ0) is 16.9. The molecule has 0 spiro atoms. The summed E-state index contributed by atoms with van der Waals surface area (Å²) in [5.74, 6) is -0.261. The molecule has 4 nitrogen and oxygen atoms in total. The second kappa shape index (κ2) is 11.8. The first kappa shape index (κ1) is 19.4. The van der Waals surface area contributed by atoms with Crippen molar-refractivity contribution >= 4 is 12.2 Å². The van der Waals surface area contributed by atoms with Crippen molar-refractivity contribution in [2.75, 3.05) is 0 Å². The highest BCUT2D eigenvalue weighted by atomic mass is 16.2. The molecule has 23 heavy (non-hydrogen) atoms. The molecular formula is C19H29N2O2. The molecule has 1 amide bonds. The SMILES string of the molecule is CCCCCCCCC(N)C(=O)N[C@H]([C]=O)Cc1ccccc1. The van der Waals surface area contributed by atoms with Crippen molar-refractivity contribution in [1.82, 2.24) is 5.32 Å². The van der Waals surface area contributed by atoms with Gasteiger partial charge in [-0.05, 0) is 12.0 Å². The molecular weight excluding hydrogens is 288 g/mol. The minimum Gasteiger partial charge on any atom is -0.344 e. The van der Waals surface area contributed by atoms with Gasteiger partial charge in [-0.25, -0.2) is 0 Å². The van der Waals surface area contributed by atoms with Crippen LogP contribution in [0.1, 0.15) is 57.4 Å². The van der Waals surface area contributed by atoms with E-state index in [0.717, 1.165) is 18.4 Å². The Balaban J connectivity index is 2.27. The number of carbonyl (C=O) groups excluding carboxylic acids is 2. The Morgan fingerprint density at radius 3 is 2.43 bits per heavy atom. The first-order valence-electron chi connectivity index (χ1n) is 8.65. The van der Waals surface area contributed by atoms with Gasteiger partial charge in [0.15, 0.2) is 0 Å². The Kier molecular flexibility index (Phi) is 9.96. The van der Waals surface area contributed by atoms with Crippen molar-refractivity contribution in [3.63, 3.8) is 0 Å². The predicted octanol–water partition coefficient (Wildman–Crippen LogP) is 2.90. The van der Waals surface area contributed by atoms with E-state index in [9.17, 15) is 9.59 Å². The van der Waals surface area contributed by atoms with Crippen molar-refractivity contribution < 1.29 is 9.59 Å². The number of unbranched alkanes of at least 4 members (excludes halogenated alkanes) is 5. The highest BCUT2D eigenvalue weighted by molar-refractivity contribution is 5.84. The topological polar surface area (TPSA) is 72.2 Å². The fourth-order valence-corrected chi connectivity index (χ4v) is 2.53. The molecule has 0 heterocycles. The summed E-state index contributed by atoms with van der Waals surface area (Å²) < 4.78 is 0. The second-order valence-electron chi connectivity index (χ2n) is 6.03. The van der Waals surface area contributed by atoms with Crippen molar-refractivity contribution in [2.45, 2.75) is 70.4 Å². The van der Waals surface area contributed by atoms with Gasteiger partial charge < -0.3 is 11.1 Å². The minimum atomic E-state index is -0.638. The molecule has 0 aliphatic heterocycles. The maximum absolute atomic E-state index is 12.1. The first-order valence-corrected chi connectivity index (χ1v) is 8.65. The number of hydrogen-bond acceptors (Lipinski definition) is 3. The van der Waals surface area contributed by atoms with Gasteiger partial charge in [0.2, 0.25) is 12.2 Å². The van der Waals surface area contributed by atoms with E-state index in [-0.39, 0.29) is 5.91 Å². The third-order valence-electron chi connectivity index (χ3n) is 3.95. The summed E-state index contributed by atoms with van der Waals surface area (Å²) in [7, 11) is 0. The van der Waals surface area contributed by atoms with Crippen molar-refractivity contribution in [3.05, 3.63) is 35.9 Å². The lowest BCUT2D eigenvalue weighted by molar-refractivity contribution is -0.122. The fraction of sp³-hybridized carbons (Fsp3) is 0.579. The van der Waals surface area contributed by atoms with Gasteiger partial charge in [0.25, 0.3) is 0 Å². The number of benzene rings is 1. The molecule has 0 aromatic heterocycles. The summed E-state index contributed by atoms with van der Waals surface area (Å²) >= 11 is 0. The standard InChI is InChI=1S/C19H29N2O2/c1-2-3-4-5-6-10-13-18(20)19(23)21-17(15-22)14-16-11-8-7-9-12-16/h7-9,11-12,17-18H,2-6,10,13-14,20H2,1H3,(H,21,23)/t17-,18?/m0/s1. The van der Waals surface area contributed by atoms with Crippen LogP contribution in [0.25, 0.3) is 0 Å². The van der Waals surface area contributed by atoms with Crippen LogP contribution in [0.3, 0.4) is 0 Å². The van der Waals surface area contributed by atoms with Crippen LogP contribution < -0.4 is 11.1 Å². The Labute approximate surface area is 139 Å². The van der Waals surface area contributed by atoms with Crippen molar-refractivity contribution in [2.24, 2.45) is 5.73 Å². The molecule has 0 saturated heterocycles. The molecule has 1 aromatic carbocycles. The van der Waals surface area contributed by atoms with E-state index in [4.69, 9.17) is 5.73 Å². The summed E-state index contributed by atoms with van der Waals surface area (Å²) in [5, 5.41) is 2.69. The van der Waals surface area contributed by atoms with Crippen LogP contribution >= 0.6 is 0 Å². The lowest BCUT2D eigenvalue weighted by atomic mass is 10.0. The molecule has 4 heteroatoms. The minimum absolute atomic E-state index is 0.261. The second-order valence-corrected chi connectivity index (χ2v) is 6.03. The Hall–Kier alpha value is -1.68. The Bertz CT molecular complexity index is 448. The molecule has 1 unspecified atom stereocenters. The summed E-state index contributed by atoms with van der Waals surface area (Å²) in [5.41, 5.74) is 6.90. The summed E-state index contributed by atoms with van der Waals surface area (Å²) in [6, 6.07) is 8.39. The molecule has 1 rings (SSSR count). The van der Waals surface area contributed by atoms with Crippen LogP contribution in [0.4, 0.5) is 0 Å². The molecule has 127 valence electrons. The average Bonchev–Trinajstić information content (AvgIpc) is 2.58. The molecule has 1 radical (unpaired) electrons. The zero-order valence-electron chi connectivity index (χ0n) is 14.1. The van der Waals surface area contributed by atoms with Crippen molar-refractivity contribution in [3.8, 4) is 0 Å². The molecule has 0 bridgehead atoms. The lowest BCUT2D eigenvalue weighted by Crippen LogP contribution is -2.46. The lowest BCUT2D eigenvalue weighted by Gasteiger charge is -2.16. The van der Waals surface area contributed by atoms with Gasteiger partial charge in [0.05, 0.1) is 12.1 Å². The van der Waals surface area contributed by atoms with Gasteiger partial charge in [-0.3, -0.25) is 9.59 Å². The normalized spacial score (nSPS) is 13.3. The number of nitrogens with two attached hydrogens (primary N) is 1. The summed E-state index contributed by atoms with van der Waals surface area (Å²) in [4.78, 5) is 23.1. The summed E-state index contributed by atoms with van der Waals surface area (Å²) in [6.07, 6.45) is 9.99. The molecule has 1 aromatic rings. The predicted molar refractivity (Wildman–Crippen MR) is 93.7 cm³/mol. The first-order chi connectivity index (χ1) is 11.2. The van der Waals surface area contributed by atoms with Crippen LogP contribution in [0.15, 0.2) is 30.3 Å². The third-order valence-corrected chi connectivity index (χ3v) is 3.95. The van der Waals surface area contributed by atoms with Crippen LogP contribution in [0.5, 0.6) is 0 Å². The maximum atomic E-state index is 12.1. The maximum Gasteiger partial charge on any atom is 0.237 e. The van der Waals surface area contributed by atoms with Crippen LogP contribution in [-0.2, 0) is 16.0 Å². The van der Waals surface area contributed by atoms with E-state index in [1.54, 1.807) is 0 Å². The molecule has 0 saturated carbocycles. The molecule has 2 atom stereocenters. The third kappa shape index (κ3) is 8.50. The number of hydrogen-bond donors (Lipinski definition) is 2. The highest BCUT2D eigenvalue weighted by Crippen LogP contribution is 2.08. The molecule has 0 aliphatic rings. The van der Waals surface area contributed by atoms with Crippen LogP contribution in [0.2, 0.25) is 0 Å². The largest absolute Gasteiger partial charge is 0.344 e. The van der Waals surface area contributed by atoms with Crippen LogP contribution in [-0.4, -0.2) is 24.3 Å². The van der Waals surface area contributed by atoms with E-state index < -0.39 is 12.1 Å². The Morgan fingerprint density at radius 1 is 1.13 bits per heavy atom. The van der Waals surface area contributed by atoms with Crippen LogP contribution in [0, 0.1) is 0 Å². The van der Waals surface area contributed by atoms with Gasteiger partial charge in [0.1, 0.15) is 0 Å². The zero-order valence-corrected chi connectivity index (χ0v) is 14.1. The van der Waals surface area contributed by atoms with Crippen molar-refractivity contribution in [1.29, 1.82) is 0 Å². The van der Waals surface area contributed by atoms with Gasteiger partial charge in [-0.15, -0.1) is 0 Å². The van der Waals surface area contributed by atoms with Gasteiger partial charge >= 0.3 is 0 Å². The van der Waals surface area contributed by atoms with E-state index in [0.29, 0.717) is 12.8 Å². The van der Waals surface area contributed by atoms with E-state index in [2.05, 4.69) is 12.2 Å².